The summed E-state index contributed by atoms with van der Waals surface area (Å²) in [5.74, 6) is 0.336. The number of rotatable bonds is 6. The van der Waals surface area contributed by atoms with Gasteiger partial charge in [0.25, 0.3) is 0 Å². The van der Waals surface area contributed by atoms with E-state index in [0.29, 0.717) is 18.0 Å². The van der Waals surface area contributed by atoms with Crippen molar-refractivity contribution >= 4 is 10.0 Å². The summed E-state index contributed by atoms with van der Waals surface area (Å²) in [4.78, 5) is 0.185. The van der Waals surface area contributed by atoms with Gasteiger partial charge in [0, 0.05) is 13.6 Å². The van der Waals surface area contributed by atoms with Gasteiger partial charge >= 0.3 is 0 Å². The van der Waals surface area contributed by atoms with Gasteiger partial charge in [0.15, 0.2) is 5.76 Å². The molecule has 1 N–H and O–H groups in total. The number of nitrogens with one attached hydrogen (secondary N) is 1. The largest absolute Gasteiger partial charge is 0.360 e. The summed E-state index contributed by atoms with van der Waals surface area (Å²) in [5, 5.41) is 6.65. The Morgan fingerprint density at radius 2 is 2.06 bits per heavy atom. The summed E-state index contributed by atoms with van der Waals surface area (Å²) < 4.78 is 30.7. The molecule has 0 bridgehead atoms. The first kappa shape index (κ1) is 14.1. The molecule has 1 heterocycles. The number of sulfonamides is 1. The van der Waals surface area contributed by atoms with Gasteiger partial charge in [-0.25, -0.2) is 12.7 Å². The summed E-state index contributed by atoms with van der Waals surface area (Å²) in [6.45, 7) is 4.48. The van der Waals surface area contributed by atoms with Crippen LogP contribution in [0.5, 0.6) is 0 Å². The second kappa shape index (κ2) is 5.61. The van der Waals surface area contributed by atoms with E-state index >= 15 is 0 Å². The highest BCUT2D eigenvalue weighted by Crippen LogP contribution is 2.22. The SMILES string of the molecule is CNCCCN(C)S(=O)(=O)c1c(C)noc1C. The van der Waals surface area contributed by atoms with E-state index in [9.17, 15) is 8.42 Å². The second-order valence-electron chi connectivity index (χ2n) is 3.94. The molecular weight excluding hydrogens is 242 g/mol. The van der Waals surface area contributed by atoms with Gasteiger partial charge in [0.2, 0.25) is 10.0 Å². The number of aryl methyl sites for hydroxylation is 2. The van der Waals surface area contributed by atoms with Gasteiger partial charge in [0.1, 0.15) is 10.6 Å². The highest BCUT2D eigenvalue weighted by Gasteiger charge is 2.27. The number of hydrogen-bond acceptors (Lipinski definition) is 5. The maximum Gasteiger partial charge on any atom is 0.248 e. The molecule has 0 unspecified atom stereocenters. The fourth-order valence-electron chi connectivity index (χ4n) is 1.60. The summed E-state index contributed by atoms with van der Waals surface area (Å²) in [7, 11) is -0.0857. The zero-order chi connectivity index (χ0) is 13.1. The lowest BCUT2D eigenvalue weighted by Crippen LogP contribution is -2.30. The topological polar surface area (TPSA) is 75.4 Å². The predicted molar refractivity (Wildman–Crippen MR) is 64.3 cm³/mol. The third-order valence-corrected chi connectivity index (χ3v) is 4.64. The van der Waals surface area contributed by atoms with E-state index in [0.717, 1.165) is 13.0 Å². The highest BCUT2D eigenvalue weighted by molar-refractivity contribution is 7.89. The number of aromatic nitrogens is 1. The van der Waals surface area contributed by atoms with Crippen molar-refractivity contribution in [3.05, 3.63) is 11.5 Å². The zero-order valence-corrected chi connectivity index (χ0v) is 11.5. The van der Waals surface area contributed by atoms with Crippen LogP contribution in [0.1, 0.15) is 17.9 Å². The van der Waals surface area contributed by atoms with E-state index in [-0.39, 0.29) is 4.90 Å². The monoisotopic (exact) mass is 261 g/mol. The van der Waals surface area contributed by atoms with E-state index in [4.69, 9.17) is 4.52 Å². The van der Waals surface area contributed by atoms with Gasteiger partial charge in [0.05, 0.1) is 0 Å². The molecule has 0 aliphatic heterocycles. The van der Waals surface area contributed by atoms with Gasteiger partial charge in [-0.05, 0) is 33.9 Å². The molecule has 0 saturated carbocycles. The van der Waals surface area contributed by atoms with E-state index in [2.05, 4.69) is 10.5 Å². The zero-order valence-electron chi connectivity index (χ0n) is 10.6. The van der Waals surface area contributed by atoms with Crippen molar-refractivity contribution in [1.82, 2.24) is 14.8 Å². The molecule has 1 aromatic rings. The molecular formula is C10H19N3O3S. The smallest absolute Gasteiger partial charge is 0.248 e. The lowest BCUT2D eigenvalue weighted by Gasteiger charge is -2.16. The molecule has 1 rings (SSSR count). The average molecular weight is 261 g/mol. The van der Waals surface area contributed by atoms with Gasteiger partial charge in [-0.3, -0.25) is 0 Å². The minimum absolute atomic E-state index is 0.185. The number of nitrogens with zero attached hydrogens (tertiary/aromatic N) is 2. The fraction of sp³-hybridized carbons (Fsp3) is 0.700. The quantitative estimate of drug-likeness (QED) is 0.756. The van der Waals surface area contributed by atoms with Crippen LogP contribution in [0.15, 0.2) is 9.42 Å². The molecule has 0 saturated heterocycles. The minimum Gasteiger partial charge on any atom is -0.360 e. The normalized spacial score (nSPS) is 12.3. The van der Waals surface area contributed by atoms with Gasteiger partial charge < -0.3 is 9.84 Å². The minimum atomic E-state index is -3.49. The van der Waals surface area contributed by atoms with Crippen LogP contribution in [0, 0.1) is 13.8 Å². The van der Waals surface area contributed by atoms with Crippen molar-refractivity contribution < 1.29 is 12.9 Å². The molecule has 0 spiro atoms. The van der Waals surface area contributed by atoms with Crippen molar-refractivity contribution in [2.45, 2.75) is 25.2 Å². The summed E-state index contributed by atoms with van der Waals surface area (Å²) in [5.41, 5.74) is 0.406. The summed E-state index contributed by atoms with van der Waals surface area (Å²) in [6.07, 6.45) is 0.760. The molecule has 0 aliphatic carbocycles. The maximum absolute atomic E-state index is 12.2. The van der Waals surface area contributed by atoms with E-state index in [1.807, 2.05) is 7.05 Å². The van der Waals surface area contributed by atoms with Crippen LogP contribution in [0.2, 0.25) is 0 Å². The van der Waals surface area contributed by atoms with Crippen molar-refractivity contribution in [1.29, 1.82) is 0 Å². The molecule has 1 aromatic heterocycles. The van der Waals surface area contributed by atoms with Crippen LogP contribution in [0.3, 0.4) is 0 Å². The van der Waals surface area contributed by atoms with Crippen molar-refractivity contribution in [3.8, 4) is 0 Å². The Labute approximate surface area is 102 Å². The Kier molecular flexibility index (Phi) is 4.67. The van der Waals surface area contributed by atoms with Crippen molar-refractivity contribution in [2.24, 2.45) is 0 Å². The standard InChI is InChI=1S/C10H19N3O3S/c1-8-10(9(2)16-12-8)17(14,15)13(4)7-5-6-11-3/h11H,5-7H2,1-4H3. The van der Waals surface area contributed by atoms with Gasteiger partial charge in [-0.2, -0.15) is 0 Å². The average Bonchev–Trinajstić information content (AvgIpc) is 2.59. The van der Waals surface area contributed by atoms with E-state index in [1.165, 1.54) is 4.31 Å². The predicted octanol–water partition coefficient (Wildman–Crippen LogP) is 0.521. The van der Waals surface area contributed by atoms with Gasteiger partial charge in [-0.15, -0.1) is 0 Å². The van der Waals surface area contributed by atoms with Crippen molar-refractivity contribution in [3.63, 3.8) is 0 Å². The third-order valence-electron chi connectivity index (χ3n) is 2.54. The summed E-state index contributed by atoms with van der Waals surface area (Å²) in [6, 6.07) is 0. The first-order valence-electron chi connectivity index (χ1n) is 5.45. The van der Waals surface area contributed by atoms with Crippen LogP contribution < -0.4 is 5.32 Å². The molecule has 0 amide bonds. The van der Waals surface area contributed by atoms with Gasteiger partial charge in [-0.1, -0.05) is 5.16 Å². The Morgan fingerprint density at radius 3 is 2.53 bits per heavy atom. The van der Waals surface area contributed by atoms with Crippen LogP contribution in [0.25, 0.3) is 0 Å². The lowest BCUT2D eigenvalue weighted by atomic mass is 10.4. The molecule has 6 nitrogen and oxygen atoms in total. The fourth-order valence-corrected chi connectivity index (χ4v) is 3.09. The molecule has 0 aliphatic rings. The molecule has 0 atom stereocenters. The third kappa shape index (κ3) is 3.05. The second-order valence-corrected chi connectivity index (χ2v) is 5.92. The molecule has 98 valence electrons. The van der Waals surface area contributed by atoms with E-state index < -0.39 is 10.0 Å². The van der Waals surface area contributed by atoms with E-state index in [1.54, 1.807) is 20.9 Å². The Hall–Kier alpha value is -0.920. The van der Waals surface area contributed by atoms with Crippen molar-refractivity contribution in [2.75, 3.05) is 27.2 Å². The maximum atomic E-state index is 12.2. The van der Waals surface area contributed by atoms with Crippen LogP contribution in [-0.2, 0) is 10.0 Å². The molecule has 0 aromatic carbocycles. The molecule has 0 fully saturated rings. The molecule has 17 heavy (non-hydrogen) atoms. The first-order valence-corrected chi connectivity index (χ1v) is 6.89. The Morgan fingerprint density at radius 1 is 1.41 bits per heavy atom. The highest BCUT2D eigenvalue weighted by atomic mass is 32.2. The van der Waals surface area contributed by atoms with Crippen LogP contribution >= 0.6 is 0 Å². The molecule has 7 heteroatoms. The van der Waals surface area contributed by atoms with Crippen LogP contribution in [-0.4, -0.2) is 45.1 Å². The molecule has 0 radical (unpaired) electrons. The Bertz CT molecular complexity index is 448. The lowest BCUT2D eigenvalue weighted by molar-refractivity contribution is 0.389. The first-order chi connectivity index (χ1) is 7.91. The summed E-state index contributed by atoms with van der Waals surface area (Å²) >= 11 is 0. The number of hydrogen-bond donors (Lipinski definition) is 1. The Balaban J connectivity index is 2.88. The van der Waals surface area contributed by atoms with Crippen LogP contribution in [0.4, 0.5) is 0 Å².